The summed E-state index contributed by atoms with van der Waals surface area (Å²) in [7, 11) is 0. The number of rotatable bonds is 8. The lowest BCUT2D eigenvalue weighted by molar-refractivity contribution is -0.201. The van der Waals surface area contributed by atoms with E-state index >= 15 is 0 Å². The summed E-state index contributed by atoms with van der Waals surface area (Å²) in [6.45, 7) is 16.3. The molecule has 4 aliphatic carbocycles. The van der Waals surface area contributed by atoms with E-state index in [1.54, 1.807) is 0 Å². The van der Waals surface area contributed by atoms with E-state index in [9.17, 15) is 9.90 Å². The van der Waals surface area contributed by atoms with Gasteiger partial charge >= 0.3 is 5.97 Å². The molecule has 0 aromatic heterocycles. The van der Waals surface area contributed by atoms with Crippen LogP contribution in [0.25, 0.3) is 0 Å². The molecule has 0 aromatic carbocycles. The van der Waals surface area contributed by atoms with Crippen molar-refractivity contribution in [3.8, 4) is 0 Å². The first-order valence-electron chi connectivity index (χ1n) is 14.5. The maximum absolute atomic E-state index is 11.2. The minimum atomic E-state index is -0.649. The molecule has 0 radical (unpaired) electrons. The Morgan fingerprint density at radius 3 is 2.18 bits per heavy atom. The van der Waals surface area contributed by atoms with E-state index in [1.165, 1.54) is 51.4 Å². The molecule has 0 heterocycles. The molecular formula is C30H52O4. The topological polar surface area (TPSA) is 55.8 Å². The van der Waals surface area contributed by atoms with Crippen LogP contribution >= 0.6 is 0 Å². The average molecular weight is 477 g/mol. The van der Waals surface area contributed by atoms with Crippen molar-refractivity contribution in [3.63, 3.8) is 0 Å². The summed E-state index contributed by atoms with van der Waals surface area (Å²) in [6, 6.07) is 0. The molecule has 10 unspecified atom stereocenters. The number of aliphatic carboxylic acids is 1. The van der Waals surface area contributed by atoms with Gasteiger partial charge in [0.2, 0.25) is 0 Å². The number of hydrogen-bond donors (Lipinski definition) is 1. The summed E-state index contributed by atoms with van der Waals surface area (Å²) in [5.41, 5.74) is 0.742. The third-order valence-electron chi connectivity index (χ3n) is 11.1. The normalized spacial score (nSPS) is 45.0. The molecular weight excluding hydrogens is 424 g/mol. The molecule has 0 aromatic rings. The zero-order valence-electron chi connectivity index (χ0n) is 23.0. The fraction of sp³-hybridized carbons (Fsp3) is 0.967. The van der Waals surface area contributed by atoms with Gasteiger partial charge in [-0.05, 0) is 132 Å². The highest BCUT2D eigenvalue weighted by atomic mass is 16.5. The van der Waals surface area contributed by atoms with Gasteiger partial charge in [-0.2, -0.15) is 0 Å². The first kappa shape index (κ1) is 26.5. The second-order valence-electron chi connectivity index (χ2n) is 13.7. The fourth-order valence-electron chi connectivity index (χ4n) is 9.69. The van der Waals surface area contributed by atoms with E-state index in [-0.39, 0.29) is 6.10 Å². The van der Waals surface area contributed by atoms with E-state index in [0.29, 0.717) is 59.2 Å². The lowest BCUT2D eigenvalue weighted by Gasteiger charge is -2.63. The van der Waals surface area contributed by atoms with Crippen LogP contribution in [0.3, 0.4) is 0 Å². The summed E-state index contributed by atoms with van der Waals surface area (Å²) in [5.74, 6) is 3.31. The van der Waals surface area contributed by atoms with E-state index < -0.39 is 5.97 Å². The van der Waals surface area contributed by atoms with Crippen LogP contribution in [0.4, 0.5) is 0 Å². The van der Waals surface area contributed by atoms with E-state index in [1.807, 2.05) is 0 Å². The van der Waals surface area contributed by atoms with Gasteiger partial charge in [0.15, 0.2) is 0 Å². The molecule has 0 amide bonds. The molecule has 4 aliphatic rings. The second-order valence-corrected chi connectivity index (χ2v) is 13.7. The van der Waals surface area contributed by atoms with Crippen molar-refractivity contribution in [1.82, 2.24) is 0 Å². The van der Waals surface area contributed by atoms with Crippen LogP contribution in [0.5, 0.6) is 0 Å². The first-order valence-corrected chi connectivity index (χ1v) is 14.5. The van der Waals surface area contributed by atoms with Gasteiger partial charge < -0.3 is 14.6 Å². The molecule has 4 rings (SSSR count). The maximum Gasteiger partial charge on any atom is 0.303 e. The Balaban J connectivity index is 1.58. The summed E-state index contributed by atoms with van der Waals surface area (Å²) in [4.78, 5) is 11.2. The molecule has 4 heteroatoms. The molecule has 196 valence electrons. The molecule has 34 heavy (non-hydrogen) atoms. The van der Waals surface area contributed by atoms with Gasteiger partial charge in [0.25, 0.3) is 0 Å². The number of hydrogen-bond acceptors (Lipinski definition) is 3. The second kappa shape index (κ2) is 10.0. The monoisotopic (exact) mass is 476 g/mol. The van der Waals surface area contributed by atoms with Gasteiger partial charge in [-0.3, -0.25) is 4.79 Å². The quantitative estimate of drug-likeness (QED) is 0.398. The van der Waals surface area contributed by atoms with Crippen LogP contribution in [-0.4, -0.2) is 35.5 Å². The summed E-state index contributed by atoms with van der Waals surface area (Å²) >= 11 is 0. The highest BCUT2D eigenvalue weighted by Gasteiger charge is 2.63. The predicted octanol–water partition coefficient (Wildman–Crippen LogP) is 7.34. The van der Waals surface area contributed by atoms with E-state index in [4.69, 9.17) is 9.47 Å². The molecule has 0 aliphatic heterocycles. The number of carbonyl (C=O) groups is 1. The van der Waals surface area contributed by atoms with E-state index in [0.717, 1.165) is 18.3 Å². The zero-order chi connectivity index (χ0) is 24.8. The van der Waals surface area contributed by atoms with Crippen LogP contribution in [0, 0.1) is 46.3 Å². The van der Waals surface area contributed by atoms with Crippen LogP contribution < -0.4 is 0 Å². The van der Waals surface area contributed by atoms with Gasteiger partial charge in [-0.15, -0.1) is 0 Å². The maximum atomic E-state index is 11.2. The van der Waals surface area contributed by atoms with Crippen molar-refractivity contribution in [2.45, 2.75) is 137 Å². The molecule has 1 N–H and O–H groups in total. The molecule has 10 atom stereocenters. The number of carboxylic acid groups (broad SMARTS) is 1. The summed E-state index contributed by atoms with van der Waals surface area (Å²) < 4.78 is 13.1. The Hall–Kier alpha value is -0.610. The summed E-state index contributed by atoms with van der Waals surface area (Å²) in [5, 5.41) is 9.25. The van der Waals surface area contributed by atoms with Crippen LogP contribution in [0.15, 0.2) is 0 Å². The van der Waals surface area contributed by atoms with Gasteiger partial charge in [-0.1, -0.05) is 20.8 Å². The molecule has 4 nitrogen and oxygen atoms in total. The SMILES string of the molecule is CC(C)OC1CCC2(C)C(C1)CC(OC(C)C)C1C2CCC2(C)C(C(C)CCC(=O)O)CCC12. The zero-order valence-corrected chi connectivity index (χ0v) is 23.0. The first-order chi connectivity index (χ1) is 16.0. The van der Waals surface area contributed by atoms with Gasteiger partial charge in [0, 0.05) is 6.42 Å². The fourth-order valence-corrected chi connectivity index (χ4v) is 9.69. The number of ether oxygens (including phenoxy) is 2. The number of carboxylic acids is 1. The van der Waals surface area contributed by atoms with Crippen molar-refractivity contribution in [3.05, 3.63) is 0 Å². The van der Waals surface area contributed by atoms with Gasteiger partial charge in [-0.25, -0.2) is 0 Å². The highest BCUT2D eigenvalue weighted by Crippen LogP contribution is 2.69. The van der Waals surface area contributed by atoms with Crippen molar-refractivity contribution >= 4 is 5.97 Å². The van der Waals surface area contributed by atoms with Crippen molar-refractivity contribution in [2.75, 3.05) is 0 Å². The van der Waals surface area contributed by atoms with E-state index in [2.05, 4.69) is 48.5 Å². The Labute approximate surface area is 208 Å². The molecule has 4 fully saturated rings. The van der Waals surface area contributed by atoms with Crippen LogP contribution in [-0.2, 0) is 14.3 Å². The Kier molecular flexibility index (Phi) is 7.81. The minimum Gasteiger partial charge on any atom is -0.481 e. The molecule has 0 spiro atoms. The van der Waals surface area contributed by atoms with Crippen LogP contribution in [0.2, 0.25) is 0 Å². The number of fused-ring (bicyclic) bond motifs is 5. The van der Waals surface area contributed by atoms with Crippen molar-refractivity contribution in [1.29, 1.82) is 0 Å². The Morgan fingerprint density at radius 1 is 0.882 bits per heavy atom. The smallest absolute Gasteiger partial charge is 0.303 e. The Bertz CT molecular complexity index is 719. The minimum absolute atomic E-state index is 0.265. The third-order valence-corrected chi connectivity index (χ3v) is 11.1. The molecule has 4 saturated carbocycles. The predicted molar refractivity (Wildman–Crippen MR) is 137 cm³/mol. The Morgan fingerprint density at radius 2 is 1.53 bits per heavy atom. The van der Waals surface area contributed by atoms with Gasteiger partial charge in [0.1, 0.15) is 0 Å². The van der Waals surface area contributed by atoms with Crippen molar-refractivity contribution < 1.29 is 19.4 Å². The largest absolute Gasteiger partial charge is 0.481 e. The van der Waals surface area contributed by atoms with Crippen molar-refractivity contribution in [2.24, 2.45) is 46.3 Å². The molecule has 0 saturated heterocycles. The lowest BCUT2D eigenvalue weighted by Crippen LogP contribution is -2.59. The standard InChI is InChI=1S/C30H52O4/c1-18(2)33-22-12-14-29(6)21(16-22)17-26(34-19(3)4)28-24-10-9-23(20(5)8-11-27(31)32)30(24,7)15-13-25(28)29/h18-26,28H,8-17H2,1-7H3,(H,31,32). The summed E-state index contributed by atoms with van der Waals surface area (Å²) in [6.07, 6.45) is 12.6. The lowest BCUT2D eigenvalue weighted by atomic mass is 9.43. The highest BCUT2D eigenvalue weighted by molar-refractivity contribution is 5.66. The average Bonchev–Trinajstić information content (AvgIpc) is 3.09. The van der Waals surface area contributed by atoms with Crippen LogP contribution in [0.1, 0.15) is 113 Å². The molecule has 0 bridgehead atoms. The third kappa shape index (κ3) is 4.84. The van der Waals surface area contributed by atoms with Gasteiger partial charge in [0.05, 0.1) is 24.4 Å².